The van der Waals surface area contributed by atoms with E-state index in [0.29, 0.717) is 0 Å². The van der Waals surface area contributed by atoms with Crippen molar-refractivity contribution in [1.82, 2.24) is 4.57 Å². The smallest absolute Gasteiger partial charge is 0.130 e. The Morgan fingerprint density at radius 2 is 2.11 bits per heavy atom. The van der Waals surface area contributed by atoms with Crippen LogP contribution in [0.2, 0.25) is 0 Å². The SMILES string of the molecule is CCc1ccc(-n2ccc([C@@H]3OCCS3)c2)cc1. The zero-order valence-electron chi connectivity index (χ0n) is 10.5. The second-order valence-corrected chi connectivity index (χ2v) is 5.62. The number of ether oxygens (including phenoxy) is 1. The summed E-state index contributed by atoms with van der Waals surface area (Å²) in [5, 5.41) is 0. The number of nitrogens with zero attached hydrogens (tertiary/aromatic N) is 1. The number of aryl methyl sites for hydroxylation is 1. The predicted octanol–water partition coefficient (Wildman–Crippen LogP) is 3.80. The fraction of sp³-hybridized carbons (Fsp3) is 0.333. The van der Waals surface area contributed by atoms with Gasteiger partial charge in [-0.05, 0) is 30.2 Å². The molecule has 3 rings (SSSR count). The van der Waals surface area contributed by atoms with Gasteiger partial charge in [0.05, 0.1) is 6.61 Å². The lowest BCUT2D eigenvalue weighted by Crippen LogP contribution is -1.93. The van der Waals surface area contributed by atoms with Gasteiger partial charge in [-0.15, -0.1) is 11.8 Å². The summed E-state index contributed by atoms with van der Waals surface area (Å²) >= 11 is 1.87. The molecule has 1 fully saturated rings. The number of hydrogen-bond acceptors (Lipinski definition) is 2. The molecule has 18 heavy (non-hydrogen) atoms. The lowest BCUT2D eigenvalue weighted by atomic mass is 10.1. The van der Waals surface area contributed by atoms with E-state index < -0.39 is 0 Å². The second kappa shape index (κ2) is 5.21. The van der Waals surface area contributed by atoms with Gasteiger partial charge < -0.3 is 9.30 Å². The first-order valence-electron chi connectivity index (χ1n) is 6.37. The van der Waals surface area contributed by atoms with Crippen molar-refractivity contribution in [2.45, 2.75) is 18.8 Å². The summed E-state index contributed by atoms with van der Waals surface area (Å²) in [5.41, 5.74) is 4.07. The average molecular weight is 259 g/mol. The van der Waals surface area contributed by atoms with E-state index in [0.717, 1.165) is 18.8 Å². The molecule has 0 unspecified atom stereocenters. The summed E-state index contributed by atoms with van der Waals surface area (Å²) in [4.78, 5) is 0. The van der Waals surface area contributed by atoms with Crippen LogP contribution in [-0.2, 0) is 11.2 Å². The highest BCUT2D eigenvalue weighted by Gasteiger charge is 2.19. The molecule has 94 valence electrons. The standard InChI is InChI=1S/C15H17NOS/c1-2-12-3-5-14(6-4-12)16-8-7-13(11-16)15-17-9-10-18-15/h3-8,11,15H,2,9-10H2,1H3/t15-/m1/s1. The highest BCUT2D eigenvalue weighted by atomic mass is 32.2. The maximum absolute atomic E-state index is 5.67. The Labute approximate surface area is 112 Å². The van der Waals surface area contributed by atoms with Crippen molar-refractivity contribution in [3.8, 4) is 5.69 Å². The summed E-state index contributed by atoms with van der Waals surface area (Å²) in [6.45, 7) is 3.04. The van der Waals surface area contributed by atoms with Gasteiger partial charge in [-0.25, -0.2) is 0 Å². The number of rotatable bonds is 3. The van der Waals surface area contributed by atoms with Crippen LogP contribution in [0, 0.1) is 0 Å². The molecule has 0 bridgehead atoms. The lowest BCUT2D eigenvalue weighted by Gasteiger charge is -2.06. The highest BCUT2D eigenvalue weighted by Crippen LogP contribution is 2.35. The normalized spacial score (nSPS) is 19.3. The summed E-state index contributed by atoms with van der Waals surface area (Å²) in [7, 11) is 0. The molecular formula is C15H17NOS. The van der Waals surface area contributed by atoms with Crippen LogP contribution in [0.25, 0.3) is 5.69 Å². The molecule has 2 nitrogen and oxygen atoms in total. The molecule has 0 spiro atoms. The van der Waals surface area contributed by atoms with Gasteiger partial charge in [0.2, 0.25) is 0 Å². The Morgan fingerprint density at radius 1 is 1.28 bits per heavy atom. The molecule has 1 aromatic carbocycles. The summed E-state index contributed by atoms with van der Waals surface area (Å²) < 4.78 is 7.84. The summed E-state index contributed by atoms with van der Waals surface area (Å²) in [6, 6.07) is 10.9. The van der Waals surface area contributed by atoms with Gasteiger partial charge in [-0.1, -0.05) is 19.1 Å². The van der Waals surface area contributed by atoms with Crippen molar-refractivity contribution in [2.75, 3.05) is 12.4 Å². The van der Waals surface area contributed by atoms with Crippen molar-refractivity contribution in [2.24, 2.45) is 0 Å². The van der Waals surface area contributed by atoms with Crippen LogP contribution in [0.4, 0.5) is 0 Å². The Balaban J connectivity index is 1.82. The van der Waals surface area contributed by atoms with E-state index in [4.69, 9.17) is 4.74 Å². The van der Waals surface area contributed by atoms with Gasteiger partial charge in [0.15, 0.2) is 0 Å². The van der Waals surface area contributed by atoms with Gasteiger partial charge in [0.1, 0.15) is 5.44 Å². The zero-order valence-corrected chi connectivity index (χ0v) is 11.3. The zero-order chi connectivity index (χ0) is 12.4. The van der Waals surface area contributed by atoms with Crippen LogP contribution in [-0.4, -0.2) is 16.9 Å². The molecule has 0 amide bonds. The van der Waals surface area contributed by atoms with Gasteiger partial charge >= 0.3 is 0 Å². The van der Waals surface area contributed by atoms with Crippen LogP contribution in [0.1, 0.15) is 23.5 Å². The molecule has 0 saturated carbocycles. The molecule has 1 aromatic heterocycles. The summed E-state index contributed by atoms with van der Waals surface area (Å²) in [6.07, 6.45) is 5.37. The Bertz CT molecular complexity index is 512. The Morgan fingerprint density at radius 3 is 2.78 bits per heavy atom. The number of hydrogen-bond donors (Lipinski definition) is 0. The van der Waals surface area contributed by atoms with Crippen molar-refractivity contribution in [1.29, 1.82) is 0 Å². The third-order valence-corrected chi connectivity index (χ3v) is 4.37. The molecule has 1 aliphatic rings. The van der Waals surface area contributed by atoms with Crippen LogP contribution in [0.5, 0.6) is 0 Å². The molecule has 1 atom stereocenters. The maximum Gasteiger partial charge on any atom is 0.130 e. The monoisotopic (exact) mass is 259 g/mol. The van der Waals surface area contributed by atoms with Crippen LogP contribution >= 0.6 is 11.8 Å². The quantitative estimate of drug-likeness (QED) is 0.832. The van der Waals surface area contributed by atoms with E-state index in [-0.39, 0.29) is 5.44 Å². The van der Waals surface area contributed by atoms with Gasteiger partial charge in [-0.3, -0.25) is 0 Å². The van der Waals surface area contributed by atoms with Crippen molar-refractivity contribution >= 4 is 11.8 Å². The van der Waals surface area contributed by atoms with E-state index in [9.17, 15) is 0 Å². The number of benzene rings is 1. The molecular weight excluding hydrogens is 242 g/mol. The Kier molecular flexibility index (Phi) is 3.43. The number of aromatic nitrogens is 1. The van der Waals surface area contributed by atoms with E-state index >= 15 is 0 Å². The van der Waals surface area contributed by atoms with Crippen LogP contribution < -0.4 is 0 Å². The molecule has 3 heteroatoms. The molecule has 0 aliphatic carbocycles. The average Bonchev–Trinajstić information content (AvgIpc) is 3.09. The molecule has 0 N–H and O–H groups in total. The molecule has 1 saturated heterocycles. The first-order chi connectivity index (χ1) is 8.86. The predicted molar refractivity (Wildman–Crippen MR) is 76.3 cm³/mol. The minimum atomic E-state index is 0.223. The minimum absolute atomic E-state index is 0.223. The first kappa shape index (κ1) is 11.9. The van der Waals surface area contributed by atoms with E-state index in [1.807, 2.05) is 11.8 Å². The topological polar surface area (TPSA) is 14.2 Å². The van der Waals surface area contributed by atoms with E-state index in [1.165, 1.54) is 16.8 Å². The largest absolute Gasteiger partial charge is 0.362 e. The van der Waals surface area contributed by atoms with E-state index in [1.54, 1.807) is 0 Å². The third kappa shape index (κ3) is 2.33. The number of thioether (sulfide) groups is 1. The highest BCUT2D eigenvalue weighted by molar-refractivity contribution is 7.99. The fourth-order valence-corrected chi connectivity index (χ4v) is 3.10. The molecule has 0 radical (unpaired) electrons. The van der Waals surface area contributed by atoms with Crippen LogP contribution in [0.3, 0.4) is 0 Å². The first-order valence-corrected chi connectivity index (χ1v) is 7.42. The van der Waals surface area contributed by atoms with Crippen molar-refractivity contribution in [3.63, 3.8) is 0 Å². The van der Waals surface area contributed by atoms with Crippen LogP contribution in [0.15, 0.2) is 42.7 Å². The second-order valence-electron chi connectivity index (χ2n) is 4.45. The Hall–Kier alpha value is -1.19. The fourth-order valence-electron chi connectivity index (χ4n) is 2.17. The third-order valence-electron chi connectivity index (χ3n) is 3.25. The van der Waals surface area contributed by atoms with E-state index in [2.05, 4.69) is 54.2 Å². The van der Waals surface area contributed by atoms with Gasteiger partial charge in [0.25, 0.3) is 0 Å². The van der Waals surface area contributed by atoms with Gasteiger partial charge in [-0.2, -0.15) is 0 Å². The minimum Gasteiger partial charge on any atom is -0.362 e. The van der Waals surface area contributed by atoms with Crippen molar-refractivity contribution in [3.05, 3.63) is 53.9 Å². The molecule has 2 aromatic rings. The molecule has 2 heterocycles. The molecule has 1 aliphatic heterocycles. The van der Waals surface area contributed by atoms with Gasteiger partial charge in [0, 0.05) is 29.4 Å². The van der Waals surface area contributed by atoms with Crippen molar-refractivity contribution < 1.29 is 4.74 Å². The lowest BCUT2D eigenvalue weighted by molar-refractivity contribution is 0.145. The summed E-state index contributed by atoms with van der Waals surface area (Å²) in [5.74, 6) is 1.10. The maximum atomic E-state index is 5.67.